The fraction of sp³-hybridized carbons (Fsp3) is 0.250. The van der Waals surface area contributed by atoms with Crippen LogP contribution in [0, 0.1) is 0 Å². The number of anilines is 1. The molecule has 1 aliphatic carbocycles. The van der Waals surface area contributed by atoms with Gasteiger partial charge in [-0.25, -0.2) is 0 Å². The zero-order chi connectivity index (χ0) is 12.5. The Kier molecular flexibility index (Phi) is 2.76. The number of benzene rings is 1. The van der Waals surface area contributed by atoms with Gasteiger partial charge in [0.05, 0.1) is 10.7 Å². The molecule has 0 unspecified atom stereocenters. The minimum atomic E-state index is 0.382. The first-order chi connectivity index (χ1) is 8.75. The highest BCUT2D eigenvalue weighted by Gasteiger charge is 2.29. The number of nitrogens with two attached hydrogens (primary N) is 1. The summed E-state index contributed by atoms with van der Waals surface area (Å²) in [5.41, 5.74) is 8.02. The van der Waals surface area contributed by atoms with Crippen molar-refractivity contribution in [2.45, 2.75) is 18.8 Å². The topological polar surface area (TPSA) is 79.4 Å². The van der Waals surface area contributed by atoms with Crippen LogP contribution >= 0.6 is 11.6 Å². The Morgan fingerprint density at radius 1 is 1.28 bits per heavy atom. The van der Waals surface area contributed by atoms with Crippen LogP contribution in [0.25, 0.3) is 0 Å². The number of nitrogens with zero attached hydrogens (tertiary/aromatic N) is 3. The number of hydrogen-bond donors (Lipinski definition) is 2. The molecule has 0 radical (unpaired) electrons. The minimum absolute atomic E-state index is 0.382. The van der Waals surface area contributed by atoms with Gasteiger partial charge in [0.1, 0.15) is 5.69 Å². The lowest BCUT2D eigenvalue weighted by Gasteiger charge is -1.97. The molecular formula is C12H12ClN5. The van der Waals surface area contributed by atoms with Crippen molar-refractivity contribution >= 4 is 28.8 Å². The molecule has 0 amide bonds. The second-order valence-electron chi connectivity index (χ2n) is 4.30. The summed E-state index contributed by atoms with van der Waals surface area (Å²) in [4.78, 5) is 0. The maximum atomic E-state index is 6.01. The lowest BCUT2D eigenvalue weighted by Crippen LogP contribution is -1.83. The second-order valence-corrected chi connectivity index (χ2v) is 4.70. The summed E-state index contributed by atoms with van der Waals surface area (Å²) in [6, 6.07) is 7.29. The van der Waals surface area contributed by atoms with Crippen molar-refractivity contribution in [1.29, 1.82) is 0 Å². The fourth-order valence-corrected chi connectivity index (χ4v) is 1.94. The molecule has 92 valence electrons. The number of halogens is 1. The van der Waals surface area contributed by atoms with E-state index in [2.05, 4.69) is 20.4 Å². The van der Waals surface area contributed by atoms with Gasteiger partial charge in [0, 0.05) is 5.92 Å². The maximum Gasteiger partial charge on any atom is 0.173 e. The summed E-state index contributed by atoms with van der Waals surface area (Å²) in [5.74, 6) is 0.877. The van der Waals surface area contributed by atoms with Crippen LogP contribution < -0.4 is 5.73 Å². The third-order valence-electron chi connectivity index (χ3n) is 2.89. The molecule has 18 heavy (non-hydrogen) atoms. The van der Waals surface area contributed by atoms with Crippen LogP contribution in [-0.4, -0.2) is 10.2 Å². The monoisotopic (exact) mass is 261 g/mol. The first-order valence-corrected chi connectivity index (χ1v) is 6.13. The SMILES string of the molecule is Nc1n[nH]c(C2CC2)c1N=Nc1ccccc1Cl. The van der Waals surface area contributed by atoms with Crippen LogP contribution in [-0.2, 0) is 0 Å². The van der Waals surface area contributed by atoms with Crippen molar-refractivity contribution in [3.63, 3.8) is 0 Å². The molecule has 0 bridgehead atoms. The van der Waals surface area contributed by atoms with Gasteiger partial charge in [0.2, 0.25) is 0 Å². The summed E-state index contributed by atoms with van der Waals surface area (Å²) in [6.45, 7) is 0. The molecule has 2 aromatic rings. The number of nitrogen functional groups attached to an aromatic ring is 1. The average molecular weight is 262 g/mol. The smallest absolute Gasteiger partial charge is 0.173 e. The van der Waals surface area contributed by atoms with Crippen LogP contribution in [0.3, 0.4) is 0 Å². The lowest BCUT2D eigenvalue weighted by atomic mass is 10.2. The molecular weight excluding hydrogens is 250 g/mol. The molecule has 1 fully saturated rings. The largest absolute Gasteiger partial charge is 0.380 e. The Labute approximate surface area is 109 Å². The van der Waals surface area contributed by atoms with Crippen LogP contribution in [0.15, 0.2) is 34.5 Å². The summed E-state index contributed by atoms with van der Waals surface area (Å²) in [7, 11) is 0. The maximum absolute atomic E-state index is 6.01. The standard InChI is InChI=1S/C12H12ClN5/c13-8-3-1-2-4-9(8)15-17-11-10(7-5-6-7)16-18-12(11)14/h1-4,7H,5-6H2,(H3,14,16,18). The molecule has 1 aromatic carbocycles. The van der Waals surface area contributed by atoms with E-state index in [4.69, 9.17) is 17.3 Å². The third-order valence-corrected chi connectivity index (χ3v) is 3.21. The van der Waals surface area contributed by atoms with Crippen molar-refractivity contribution in [3.8, 4) is 0 Å². The Bertz CT molecular complexity index is 600. The fourth-order valence-electron chi connectivity index (χ4n) is 1.76. The van der Waals surface area contributed by atoms with Gasteiger partial charge in [-0.3, -0.25) is 5.10 Å². The molecule has 5 nitrogen and oxygen atoms in total. The Hall–Kier alpha value is -1.88. The molecule has 0 atom stereocenters. The Morgan fingerprint density at radius 3 is 2.78 bits per heavy atom. The third kappa shape index (κ3) is 2.09. The van der Waals surface area contributed by atoms with Crippen molar-refractivity contribution in [2.75, 3.05) is 5.73 Å². The normalized spacial score (nSPS) is 15.4. The van der Waals surface area contributed by atoms with E-state index in [0.29, 0.717) is 28.1 Å². The molecule has 1 saturated carbocycles. The zero-order valence-electron chi connectivity index (χ0n) is 9.60. The minimum Gasteiger partial charge on any atom is -0.380 e. The van der Waals surface area contributed by atoms with Crippen LogP contribution in [0.4, 0.5) is 17.2 Å². The first-order valence-electron chi connectivity index (χ1n) is 5.75. The van der Waals surface area contributed by atoms with E-state index in [1.54, 1.807) is 12.1 Å². The molecule has 3 rings (SSSR count). The molecule has 0 spiro atoms. The van der Waals surface area contributed by atoms with E-state index in [0.717, 1.165) is 18.5 Å². The average Bonchev–Trinajstić information content (AvgIpc) is 3.14. The number of aromatic amines is 1. The molecule has 0 aliphatic heterocycles. The van der Waals surface area contributed by atoms with Crippen molar-refractivity contribution < 1.29 is 0 Å². The molecule has 6 heteroatoms. The molecule has 1 aliphatic rings. The van der Waals surface area contributed by atoms with Crippen molar-refractivity contribution in [1.82, 2.24) is 10.2 Å². The number of H-pyrrole nitrogens is 1. The molecule has 3 N–H and O–H groups in total. The summed E-state index contributed by atoms with van der Waals surface area (Å²) < 4.78 is 0. The van der Waals surface area contributed by atoms with Gasteiger partial charge in [-0.1, -0.05) is 23.7 Å². The molecule has 1 aromatic heterocycles. The van der Waals surface area contributed by atoms with Crippen LogP contribution in [0.5, 0.6) is 0 Å². The van der Waals surface area contributed by atoms with Gasteiger partial charge < -0.3 is 5.73 Å². The van der Waals surface area contributed by atoms with E-state index >= 15 is 0 Å². The van der Waals surface area contributed by atoms with Gasteiger partial charge >= 0.3 is 0 Å². The summed E-state index contributed by atoms with van der Waals surface area (Å²) >= 11 is 6.01. The van der Waals surface area contributed by atoms with E-state index in [9.17, 15) is 0 Å². The van der Waals surface area contributed by atoms with Crippen LogP contribution in [0.1, 0.15) is 24.5 Å². The summed E-state index contributed by atoms with van der Waals surface area (Å²) in [5, 5.41) is 15.8. The van der Waals surface area contributed by atoms with E-state index in [1.165, 1.54) is 0 Å². The predicted molar refractivity (Wildman–Crippen MR) is 70.6 cm³/mol. The van der Waals surface area contributed by atoms with Gasteiger partial charge in [0.15, 0.2) is 11.5 Å². The Balaban J connectivity index is 1.92. The second kappa shape index (κ2) is 4.42. The van der Waals surface area contributed by atoms with Gasteiger partial charge in [-0.2, -0.15) is 5.10 Å². The highest BCUT2D eigenvalue weighted by molar-refractivity contribution is 6.32. The van der Waals surface area contributed by atoms with Crippen molar-refractivity contribution in [3.05, 3.63) is 35.0 Å². The van der Waals surface area contributed by atoms with E-state index in [1.807, 2.05) is 12.1 Å². The highest BCUT2D eigenvalue weighted by Crippen LogP contribution is 2.45. The summed E-state index contributed by atoms with van der Waals surface area (Å²) in [6.07, 6.45) is 2.30. The number of aromatic nitrogens is 2. The van der Waals surface area contributed by atoms with Gasteiger partial charge in [-0.15, -0.1) is 10.2 Å². The molecule has 0 saturated heterocycles. The van der Waals surface area contributed by atoms with Gasteiger partial charge in [-0.05, 0) is 25.0 Å². The number of nitrogens with one attached hydrogen (secondary N) is 1. The molecule has 1 heterocycles. The number of azo groups is 1. The quantitative estimate of drug-likeness (QED) is 0.821. The lowest BCUT2D eigenvalue weighted by molar-refractivity contribution is 0.964. The Morgan fingerprint density at radius 2 is 2.06 bits per heavy atom. The zero-order valence-corrected chi connectivity index (χ0v) is 10.4. The van der Waals surface area contributed by atoms with Crippen LogP contribution in [0.2, 0.25) is 5.02 Å². The highest BCUT2D eigenvalue weighted by atomic mass is 35.5. The van der Waals surface area contributed by atoms with E-state index in [-0.39, 0.29) is 0 Å². The number of hydrogen-bond acceptors (Lipinski definition) is 4. The number of rotatable bonds is 3. The first kappa shape index (κ1) is 11.2. The van der Waals surface area contributed by atoms with E-state index < -0.39 is 0 Å². The predicted octanol–water partition coefficient (Wildman–Crippen LogP) is 3.94. The van der Waals surface area contributed by atoms with Gasteiger partial charge in [0.25, 0.3) is 0 Å². The van der Waals surface area contributed by atoms with Crippen molar-refractivity contribution in [2.24, 2.45) is 10.2 Å².